The van der Waals surface area contributed by atoms with Crippen LogP contribution in [0.4, 0.5) is 5.69 Å². The van der Waals surface area contributed by atoms with Gasteiger partial charge in [-0.1, -0.05) is 18.2 Å². The number of phenols is 2. The fourth-order valence-electron chi connectivity index (χ4n) is 2.05. The Kier molecular flexibility index (Phi) is 4.22. The first kappa shape index (κ1) is 13.6. The van der Waals surface area contributed by atoms with Gasteiger partial charge in [0, 0.05) is 10.6 Å². The van der Waals surface area contributed by atoms with Crippen LogP contribution in [0.3, 0.4) is 0 Å². The molecule has 100 valence electrons. The summed E-state index contributed by atoms with van der Waals surface area (Å²) in [5, 5.41) is 23.0. The van der Waals surface area contributed by atoms with E-state index in [9.17, 15) is 10.2 Å². The molecule has 0 amide bonds. The summed E-state index contributed by atoms with van der Waals surface area (Å²) in [6.45, 7) is 1.91. The number of rotatable bonds is 4. The summed E-state index contributed by atoms with van der Waals surface area (Å²) in [7, 11) is 0. The normalized spacial score (nSPS) is 12.1. The van der Waals surface area contributed by atoms with E-state index in [0.29, 0.717) is 5.56 Å². The minimum atomic E-state index is -0.186. The van der Waals surface area contributed by atoms with E-state index in [4.69, 9.17) is 0 Å². The van der Waals surface area contributed by atoms with Crippen LogP contribution in [-0.4, -0.2) is 16.5 Å². The van der Waals surface area contributed by atoms with Gasteiger partial charge in [0.2, 0.25) is 0 Å². The molecule has 3 nitrogen and oxygen atoms in total. The summed E-state index contributed by atoms with van der Waals surface area (Å²) in [6, 6.07) is 12.6. The van der Waals surface area contributed by atoms with E-state index < -0.39 is 0 Å². The number of nitrogens with one attached hydrogen (secondary N) is 1. The number of anilines is 1. The Hall–Kier alpha value is -1.81. The van der Waals surface area contributed by atoms with Gasteiger partial charge in [0.1, 0.15) is 11.5 Å². The van der Waals surface area contributed by atoms with Crippen molar-refractivity contribution in [3.05, 3.63) is 48.0 Å². The Bertz CT molecular complexity index is 552. The summed E-state index contributed by atoms with van der Waals surface area (Å²) in [6.07, 6.45) is 2.02. The fourth-order valence-corrected chi connectivity index (χ4v) is 2.62. The van der Waals surface area contributed by atoms with Crippen molar-refractivity contribution < 1.29 is 10.2 Å². The van der Waals surface area contributed by atoms with E-state index in [0.717, 1.165) is 10.6 Å². The van der Waals surface area contributed by atoms with E-state index in [-0.39, 0.29) is 17.5 Å². The molecular formula is C15H17NO2S. The van der Waals surface area contributed by atoms with Gasteiger partial charge in [-0.05, 0) is 37.4 Å². The maximum absolute atomic E-state index is 9.86. The smallest absolute Gasteiger partial charge is 0.124 e. The highest BCUT2D eigenvalue weighted by Gasteiger charge is 2.15. The second-order valence-corrected chi connectivity index (χ2v) is 5.12. The Labute approximate surface area is 117 Å². The Morgan fingerprint density at radius 2 is 1.63 bits per heavy atom. The van der Waals surface area contributed by atoms with Crippen molar-refractivity contribution in [1.29, 1.82) is 0 Å². The molecule has 0 heterocycles. The van der Waals surface area contributed by atoms with Gasteiger partial charge in [0.15, 0.2) is 0 Å². The third kappa shape index (κ3) is 2.96. The topological polar surface area (TPSA) is 52.5 Å². The first-order valence-electron chi connectivity index (χ1n) is 6.04. The van der Waals surface area contributed by atoms with Gasteiger partial charge >= 0.3 is 0 Å². The predicted molar refractivity (Wildman–Crippen MR) is 80.0 cm³/mol. The van der Waals surface area contributed by atoms with Crippen molar-refractivity contribution in [2.24, 2.45) is 0 Å². The van der Waals surface area contributed by atoms with Crippen LogP contribution < -0.4 is 5.32 Å². The Morgan fingerprint density at radius 3 is 2.26 bits per heavy atom. The molecule has 0 fully saturated rings. The predicted octanol–water partition coefficient (Wildman–Crippen LogP) is 3.99. The molecule has 3 N–H and O–H groups in total. The van der Waals surface area contributed by atoms with Gasteiger partial charge in [-0.2, -0.15) is 0 Å². The second kappa shape index (κ2) is 5.89. The van der Waals surface area contributed by atoms with Gasteiger partial charge in [-0.15, -0.1) is 11.8 Å². The number of phenolic OH excluding ortho intramolecular Hbond substituents is 2. The first-order valence-corrected chi connectivity index (χ1v) is 7.26. The summed E-state index contributed by atoms with van der Waals surface area (Å²) in [5.41, 5.74) is 1.50. The molecule has 0 saturated carbocycles. The maximum atomic E-state index is 9.86. The number of para-hydroxylation sites is 1. The standard InChI is InChI=1S/C15H17NO2S/c1-10(15-12(17)7-5-8-13(15)18)16-11-6-3-4-9-14(11)19-2/h3-10,16-18H,1-2H3. The zero-order valence-electron chi connectivity index (χ0n) is 10.9. The highest BCUT2D eigenvalue weighted by atomic mass is 32.2. The third-order valence-electron chi connectivity index (χ3n) is 2.97. The lowest BCUT2D eigenvalue weighted by molar-refractivity contribution is 0.434. The number of thioether (sulfide) groups is 1. The third-order valence-corrected chi connectivity index (χ3v) is 3.77. The van der Waals surface area contributed by atoms with Crippen molar-refractivity contribution in [2.45, 2.75) is 17.9 Å². The highest BCUT2D eigenvalue weighted by molar-refractivity contribution is 7.98. The number of hydrogen-bond acceptors (Lipinski definition) is 4. The van der Waals surface area contributed by atoms with Crippen molar-refractivity contribution in [2.75, 3.05) is 11.6 Å². The minimum absolute atomic E-state index is 0.0987. The van der Waals surface area contributed by atoms with Crippen LogP contribution in [0.25, 0.3) is 0 Å². The van der Waals surface area contributed by atoms with Gasteiger partial charge in [0.25, 0.3) is 0 Å². The molecule has 0 spiro atoms. The first-order chi connectivity index (χ1) is 9.13. The molecule has 2 aromatic carbocycles. The van der Waals surface area contributed by atoms with Crippen molar-refractivity contribution in [3.63, 3.8) is 0 Å². The lowest BCUT2D eigenvalue weighted by Gasteiger charge is -2.19. The Morgan fingerprint density at radius 1 is 1.00 bits per heavy atom. The van der Waals surface area contributed by atoms with Crippen LogP contribution in [-0.2, 0) is 0 Å². The largest absolute Gasteiger partial charge is 0.507 e. The van der Waals surface area contributed by atoms with Crippen LogP contribution in [0, 0.1) is 0 Å². The molecular weight excluding hydrogens is 258 g/mol. The number of aromatic hydroxyl groups is 2. The van der Waals surface area contributed by atoms with Crippen LogP contribution in [0.2, 0.25) is 0 Å². The molecule has 0 aliphatic rings. The lowest BCUT2D eigenvalue weighted by Crippen LogP contribution is -2.07. The van der Waals surface area contributed by atoms with Gasteiger partial charge in [0.05, 0.1) is 11.6 Å². The van der Waals surface area contributed by atoms with Gasteiger partial charge in [-0.25, -0.2) is 0 Å². The molecule has 1 unspecified atom stereocenters. The minimum Gasteiger partial charge on any atom is -0.507 e. The summed E-state index contributed by atoms with van der Waals surface area (Å²) in [5.74, 6) is 0.197. The maximum Gasteiger partial charge on any atom is 0.124 e. The fraction of sp³-hybridized carbons (Fsp3) is 0.200. The summed E-state index contributed by atoms with van der Waals surface area (Å²) in [4.78, 5) is 1.13. The van der Waals surface area contributed by atoms with Crippen LogP contribution in [0.1, 0.15) is 18.5 Å². The average Bonchev–Trinajstić information content (AvgIpc) is 2.39. The summed E-state index contributed by atoms with van der Waals surface area (Å²) >= 11 is 1.65. The average molecular weight is 275 g/mol. The molecule has 0 bridgehead atoms. The van der Waals surface area contributed by atoms with E-state index in [1.165, 1.54) is 0 Å². The number of hydrogen-bond donors (Lipinski definition) is 3. The van der Waals surface area contributed by atoms with E-state index >= 15 is 0 Å². The molecule has 0 aromatic heterocycles. The second-order valence-electron chi connectivity index (χ2n) is 4.28. The van der Waals surface area contributed by atoms with E-state index in [1.54, 1.807) is 30.0 Å². The molecule has 0 saturated heterocycles. The van der Waals surface area contributed by atoms with Gasteiger partial charge < -0.3 is 15.5 Å². The van der Waals surface area contributed by atoms with E-state index in [1.807, 2.05) is 37.4 Å². The lowest BCUT2D eigenvalue weighted by atomic mass is 10.1. The van der Waals surface area contributed by atoms with E-state index in [2.05, 4.69) is 5.32 Å². The quantitative estimate of drug-likeness (QED) is 0.738. The Balaban J connectivity index is 2.28. The summed E-state index contributed by atoms with van der Waals surface area (Å²) < 4.78 is 0. The molecule has 4 heteroatoms. The zero-order chi connectivity index (χ0) is 13.8. The molecule has 0 aliphatic heterocycles. The molecule has 0 radical (unpaired) electrons. The molecule has 2 rings (SSSR count). The highest BCUT2D eigenvalue weighted by Crippen LogP contribution is 2.35. The van der Waals surface area contributed by atoms with Crippen molar-refractivity contribution >= 4 is 17.4 Å². The molecule has 19 heavy (non-hydrogen) atoms. The number of benzene rings is 2. The van der Waals surface area contributed by atoms with Crippen molar-refractivity contribution in [3.8, 4) is 11.5 Å². The van der Waals surface area contributed by atoms with Gasteiger partial charge in [-0.3, -0.25) is 0 Å². The molecule has 1 atom stereocenters. The zero-order valence-corrected chi connectivity index (χ0v) is 11.7. The monoisotopic (exact) mass is 275 g/mol. The van der Waals surface area contributed by atoms with Crippen LogP contribution in [0.15, 0.2) is 47.4 Å². The van der Waals surface area contributed by atoms with Crippen molar-refractivity contribution in [1.82, 2.24) is 0 Å². The van der Waals surface area contributed by atoms with Crippen LogP contribution in [0.5, 0.6) is 11.5 Å². The van der Waals surface area contributed by atoms with Crippen LogP contribution >= 0.6 is 11.8 Å². The SMILES string of the molecule is CSc1ccccc1NC(C)c1c(O)cccc1O. The molecule has 0 aliphatic carbocycles. The molecule has 2 aromatic rings.